The standard InChI is InChI=1S/C16H12BrN3OS/c17-13-3-1-2-4-14(13)20-15(21)11(8-18)7-12-9-22-16(19-12)10-5-6-10/h1-4,7,9-10H,5-6H2,(H,20,21)/b11-7+. The lowest BCUT2D eigenvalue weighted by molar-refractivity contribution is -0.112. The molecule has 3 rings (SSSR count). The Bertz CT molecular complexity index is 787. The fourth-order valence-corrected chi connectivity index (χ4v) is 3.27. The summed E-state index contributed by atoms with van der Waals surface area (Å²) in [6.07, 6.45) is 3.91. The topological polar surface area (TPSA) is 65.8 Å². The number of carbonyl (C=O) groups is 1. The van der Waals surface area contributed by atoms with Gasteiger partial charge in [0.1, 0.15) is 11.6 Å². The third-order valence-corrected chi connectivity index (χ3v) is 4.96. The number of hydrogen-bond donors (Lipinski definition) is 1. The number of carbonyl (C=O) groups excluding carboxylic acids is 1. The van der Waals surface area contributed by atoms with E-state index in [1.165, 1.54) is 18.9 Å². The zero-order chi connectivity index (χ0) is 15.5. The molecule has 1 N–H and O–H groups in total. The molecule has 1 aliphatic rings. The maximum absolute atomic E-state index is 12.2. The smallest absolute Gasteiger partial charge is 0.266 e. The molecule has 1 aromatic carbocycles. The van der Waals surface area contributed by atoms with E-state index in [0.717, 1.165) is 9.48 Å². The van der Waals surface area contributed by atoms with Crippen LogP contribution in [0.25, 0.3) is 6.08 Å². The molecule has 110 valence electrons. The predicted octanol–water partition coefficient (Wildman–Crippen LogP) is 4.33. The minimum absolute atomic E-state index is 0.0448. The molecule has 0 aliphatic heterocycles. The lowest BCUT2D eigenvalue weighted by atomic mass is 10.2. The van der Waals surface area contributed by atoms with Crippen LogP contribution in [-0.4, -0.2) is 10.9 Å². The van der Waals surface area contributed by atoms with E-state index in [9.17, 15) is 10.1 Å². The van der Waals surface area contributed by atoms with Crippen LogP contribution in [0.2, 0.25) is 0 Å². The summed E-state index contributed by atoms with van der Waals surface area (Å²) >= 11 is 4.95. The average molecular weight is 374 g/mol. The van der Waals surface area contributed by atoms with Crippen molar-refractivity contribution in [3.8, 4) is 6.07 Å². The SMILES string of the molecule is N#C/C(=C\c1csc(C2CC2)n1)C(=O)Nc1ccccc1Br. The average Bonchev–Trinajstić information content (AvgIpc) is 3.26. The van der Waals surface area contributed by atoms with Crippen molar-refractivity contribution in [2.24, 2.45) is 0 Å². The molecule has 0 spiro atoms. The third kappa shape index (κ3) is 3.43. The van der Waals surface area contributed by atoms with Crippen molar-refractivity contribution in [2.45, 2.75) is 18.8 Å². The second kappa shape index (κ2) is 6.42. The van der Waals surface area contributed by atoms with Gasteiger partial charge in [0.2, 0.25) is 0 Å². The number of nitriles is 1. The number of amides is 1. The monoisotopic (exact) mass is 373 g/mol. The van der Waals surface area contributed by atoms with Crippen LogP contribution in [0.4, 0.5) is 5.69 Å². The molecule has 0 saturated heterocycles. The molecule has 6 heteroatoms. The Kier molecular flexibility index (Phi) is 4.36. The number of anilines is 1. The second-order valence-electron chi connectivity index (χ2n) is 4.99. The van der Waals surface area contributed by atoms with Gasteiger partial charge >= 0.3 is 0 Å². The summed E-state index contributed by atoms with van der Waals surface area (Å²) in [5.41, 5.74) is 1.35. The van der Waals surface area contributed by atoms with E-state index in [1.807, 2.05) is 29.6 Å². The molecule has 0 bridgehead atoms. The fourth-order valence-electron chi connectivity index (χ4n) is 1.93. The quantitative estimate of drug-likeness (QED) is 0.640. The lowest BCUT2D eigenvalue weighted by Gasteiger charge is -2.05. The Morgan fingerprint density at radius 1 is 1.45 bits per heavy atom. The van der Waals surface area contributed by atoms with Gasteiger partial charge in [-0.15, -0.1) is 11.3 Å². The van der Waals surface area contributed by atoms with Crippen LogP contribution < -0.4 is 5.32 Å². The molecule has 1 aliphatic carbocycles. The van der Waals surface area contributed by atoms with Crippen molar-refractivity contribution in [3.05, 3.63) is 50.4 Å². The predicted molar refractivity (Wildman–Crippen MR) is 90.5 cm³/mol. The van der Waals surface area contributed by atoms with Crippen LogP contribution in [0.3, 0.4) is 0 Å². The number of thiazole rings is 1. The third-order valence-electron chi connectivity index (χ3n) is 3.25. The van der Waals surface area contributed by atoms with Crippen molar-refractivity contribution >= 4 is 44.9 Å². The van der Waals surface area contributed by atoms with Gasteiger partial charge in [0, 0.05) is 15.8 Å². The van der Waals surface area contributed by atoms with E-state index < -0.39 is 5.91 Å². The number of nitrogens with one attached hydrogen (secondary N) is 1. The van der Waals surface area contributed by atoms with E-state index in [2.05, 4.69) is 26.2 Å². The summed E-state index contributed by atoms with van der Waals surface area (Å²) in [7, 11) is 0. The molecule has 1 heterocycles. The summed E-state index contributed by atoms with van der Waals surface area (Å²) in [5.74, 6) is 0.141. The molecule has 1 aromatic heterocycles. The molecule has 1 amide bonds. The van der Waals surface area contributed by atoms with Gasteiger partial charge in [-0.05, 0) is 47.0 Å². The van der Waals surface area contributed by atoms with Crippen molar-refractivity contribution in [2.75, 3.05) is 5.32 Å². The van der Waals surface area contributed by atoms with E-state index in [-0.39, 0.29) is 5.57 Å². The van der Waals surface area contributed by atoms with Gasteiger partial charge in [-0.2, -0.15) is 5.26 Å². The summed E-state index contributed by atoms with van der Waals surface area (Å²) in [6.45, 7) is 0. The molecule has 2 aromatic rings. The molecule has 22 heavy (non-hydrogen) atoms. The molecule has 0 radical (unpaired) electrons. The maximum atomic E-state index is 12.2. The fraction of sp³-hybridized carbons (Fsp3) is 0.188. The highest BCUT2D eigenvalue weighted by Crippen LogP contribution is 2.41. The van der Waals surface area contributed by atoms with Gasteiger partial charge < -0.3 is 5.32 Å². The summed E-state index contributed by atoms with van der Waals surface area (Å²) in [4.78, 5) is 16.7. The highest BCUT2D eigenvalue weighted by molar-refractivity contribution is 9.10. The van der Waals surface area contributed by atoms with Crippen LogP contribution in [-0.2, 0) is 4.79 Å². The van der Waals surface area contributed by atoms with Crippen LogP contribution in [0.5, 0.6) is 0 Å². The zero-order valence-electron chi connectivity index (χ0n) is 11.5. The Balaban J connectivity index is 1.77. The highest BCUT2D eigenvalue weighted by atomic mass is 79.9. The Morgan fingerprint density at radius 2 is 2.23 bits per heavy atom. The largest absolute Gasteiger partial charge is 0.320 e. The summed E-state index contributed by atoms with van der Waals surface area (Å²) in [5, 5.41) is 14.9. The Hall–Kier alpha value is -1.97. The summed E-state index contributed by atoms with van der Waals surface area (Å²) < 4.78 is 0.769. The first-order valence-corrected chi connectivity index (χ1v) is 8.47. The Morgan fingerprint density at radius 3 is 2.91 bits per heavy atom. The highest BCUT2D eigenvalue weighted by Gasteiger charge is 2.26. The zero-order valence-corrected chi connectivity index (χ0v) is 13.9. The normalized spacial score (nSPS) is 14.5. The number of nitrogens with zero attached hydrogens (tertiary/aromatic N) is 2. The first kappa shape index (κ1) is 14.9. The van der Waals surface area contributed by atoms with Gasteiger partial charge in [0.15, 0.2) is 0 Å². The minimum Gasteiger partial charge on any atom is -0.320 e. The van der Waals surface area contributed by atoms with Gasteiger partial charge in [0.25, 0.3) is 5.91 Å². The van der Waals surface area contributed by atoms with E-state index in [1.54, 1.807) is 17.4 Å². The lowest BCUT2D eigenvalue weighted by Crippen LogP contribution is -2.13. The molecular weight excluding hydrogens is 362 g/mol. The number of aromatic nitrogens is 1. The van der Waals surface area contributed by atoms with Crippen LogP contribution in [0.15, 0.2) is 39.7 Å². The van der Waals surface area contributed by atoms with Gasteiger partial charge in [-0.3, -0.25) is 4.79 Å². The number of halogens is 1. The van der Waals surface area contributed by atoms with E-state index in [0.29, 0.717) is 17.3 Å². The van der Waals surface area contributed by atoms with Crippen molar-refractivity contribution in [3.63, 3.8) is 0 Å². The molecule has 0 atom stereocenters. The van der Waals surface area contributed by atoms with E-state index >= 15 is 0 Å². The minimum atomic E-state index is -0.435. The van der Waals surface area contributed by atoms with Crippen molar-refractivity contribution in [1.82, 2.24) is 4.98 Å². The number of para-hydroxylation sites is 1. The van der Waals surface area contributed by atoms with Gasteiger partial charge in [0.05, 0.1) is 16.4 Å². The number of benzene rings is 1. The van der Waals surface area contributed by atoms with Crippen LogP contribution >= 0.6 is 27.3 Å². The molecular formula is C16H12BrN3OS. The summed E-state index contributed by atoms with van der Waals surface area (Å²) in [6, 6.07) is 9.21. The number of hydrogen-bond acceptors (Lipinski definition) is 4. The first-order valence-electron chi connectivity index (χ1n) is 6.80. The van der Waals surface area contributed by atoms with Crippen LogP contribution in [0.1, 0.15) is 29.5 Å². The van der Waals surface area contributed by atoms with Gasteiger partial charge in [-0.25, -0.2) is 4.98 Å². The molecule has 0 unspecified atom stereocenters. The number of rotatable bonds is 4. The van der Waals surface area contributed by atoms with Crippen molar-refractivity contribution < 1.29 is 4.79 Å². The Labute approximate surface area is 140 Å². The first-order chi connectivity index (χ1) is 10.7. The molecule has 1 saturated carbocycles. The van der Waals surface area contributed by atoms with E-state index in [4.69, 9.17) is 0 Å². The van der Waals surface area contributed by atoms with Crippen molar-refractivity contribution in [1.29, 1.82) is 5.26 Å². The maximum Gasteiger partial charge on any atom is 0.266 e. The molecule has 1 fully saturated rings. The van der Waals surface area contributed by atoms with Gasteiger partial charge in [-0.1, -0.05) is 12.1 Å². The van der Waals surface area contributed by atoms with Crippen LogP contribution in [0, 0.1) is 11.3 Å². The second-order valence-corrected chi connectivity index (χ2v) is 6.73. The molecule has 4 nitrogen and oxygen atoms in total.